The number of aliphatic hydroxyl groups is 1. The molecule has 0 aromatic heterocycles. The molecule has 2 saturated carbocycles. The van der Waals surface area contributed by atoms with Crippen molar-refractivity contribution >= 4 is 11.8 Å². The molecule has 4 heteroatoms. The number of carbonyl (C=O) groups is 2. The van der Waals surface area contributed by atoms with E-state index in [1.54, 1.807) is 5.57 Å². The Morgan fingerprint density at radius 3 is 2.36 bits per heavy atom. The van der Waals surface area contributed by atoms with Gasteiger partial charge in [-0.3, -0.25) is 9.59 Å². The van der Waals surface area contributed by atoms with Gasteiger partial charge in [-0.25, -0.2) is 0 Å². The first-order valence-electron chi connectivity index (χ1n) is 14.0. The summed E-state index contributed by atoms with van der Waals surface area (Å²) in [5.74, 6) is 0.122. The lowest BCUT2D eigenvalue weighted by Crippen LogP contribution is -2.61. The highest BCUT2D eigenvalue weighted by atomic mass is 16.5. The van der Waals surface area contributed by atoms with Gasteiger partial charge < -0.3 is 9.84 Å². The number of allylic oxidation sites excluding steroid dienone is 6. The summed E-state index contributed by atoms with van der Waals surface area (Å²) in [4.78, 5) is 24.5. The van der Waals surface area contributed by atoms with Gasteiger partial charge in [0.25, 0.3) is 0 Å². The zero-order chi connectivity index (χ0) is 26.5. The monoisotopic (exact) mass is 494 g/mol. The van der Waals surface area contributed by atoms with Gasteiger partial charge in [0.15, 0.2) is 5.76 Å². The number of hydrogen-bond donors (Lipinski definition) is 1. The summed E-state index contributed by atoms with van der Waals surface area (Å²) in [6, 6.07) is 0. The van der Waals surface area contributed by atoms with Crippen molar-refractivity contribution in [2.24, 2.45) is 44.3 Å². The molecule has 7 atom stereocenters. The van der Waals surface area contributed by atoms with E-state index >= 15 is 0 Å². The lowest BCUT2D eigenvalue weighted by Gasteiger charge is -2.67. The second-order valence-electron chi connectivity index (χ2n) is 14.8. The number of fused-ring (bicyclic) bond motifs is 6. The largest absolute Gasteiger partial charge is 0.505 e. The van der Waals surface area contributed by atoms with E-state index in [0.717, 1.165) is 32.1 Å². The van der Waals surface area contributed by atoms with Gasteiger partial charge in [0, 0.05) is 23.2 Å². The summed E-state index contributed by atoms with van der Waals surface area (Å²) >= 11 is 0. The van der Waals surface area contributed by atoms with Gasteiger partial charge in [-0.05, 0) is 84.7 Å². The number of hydrogen-bond acceptors (Lipinski definition) is 4. The average Bonchev–Trinajstić information content (AvgIpc) is 2.78. The van der Waals surface area contributed by atoms with Crippen LogP contribution in [0.1, 0.15) is 100 Å². The van der Waals surface area contributed by atoms with Crippen molar-refractivity contribution in [3.8, 4) is 0 Å². The molecule has 0 amide bonds. The van der Waals surface area contributed by atoms with Gasteiger partial charge in [-0.2, -0.15) is 0 Å². The zero-order valence-electron chi connectivity index (χ0n) is 23.7. The van der Waals surface area contributed by atoms with Crippen molar-refractivity contribution in [1.82, 2.24) is 0 Å². The normalized spacial score (nSPS) is 47.2. The number of carbonyl (C=O) groups excluding carboxylic acids is 2. The van der Waals surface area contributed by atoms with Gasteiger partial charge in [0.2, 0.25) is 5.78 Å². The SMILES string of the molecule is CC(=O)OC[C@@]1(C)CC[C@]2(C)CC[C@]3(C)C(=C2C1)C=C[C@@H]1[C@@]2(C)C=C(O)C(=O)C(C)(C)[C@@H]2CC[C@]13C. The van der Waals surface area contributed by atoms with Crippen LogP contribution < -0.4 is 0 Å². The Bertz CT molecular complexity index is 1110. The molecular formula is C32H46O4. The molecule has 36 heavy (non-hydrogen) atoms. The third-order valence-corrected chi connectivity index (χ3v) is 12.2. The van der Waals surface area contributed by atoms with E-state index in [1.807, 2.05) is 19.9 Å². The highest BCUT2D eigenvalue weighted by Gasteiger charge is 2.66. The fourth-order valence-electron chi connectivity index (χ4n) is 9.65. The number of aliphatic hydroxyl groups excluding tert-OH is 1. The van der Waals surface area contributed by atoms with Gasteiger partial charge in [-0.15, -0.1) is 0 Å². The van der Waals surface area contributed by atoms with Crippen LogP contribution in [-0.2, 0) is 14.3 Å². The molecule has 2 fully saturated rings. The van der Waals surface area contributed by atoms with Crippen molar-refractivity contribution in [2.75, 3.05) is 6.61 Å². The summed E-state index contributed by atoms with van der Waals surface area (Å²) in [6.07, 6.45) is 14.4. The Hall–Kier alpha value is -1.84. The predicted molar refractivity (Wildman–Crippen MR) is 142 cm³/mol. The van der Waals surface area contributed by atoms with Crippen LogP contribution in [0, 0.1) is 44.3 Å². The van der Waals surface area contributed by atoms with Crippen LogP contribution in [0.15, 0.2) is 35.1 Å². The van der Waals surface area contributed by atoms with Gasteiger partial charge in [-0.1, -0.05) is 66.2 Å². The Morgan fingerprint density at radius 2 is 1.69 bits per heavy atom. The molecule has 4 nitrogen and oxygen atoms in total. The highest BCUT2D eigenvalue weighted by Crippen LogP contribution is 2.73. The average molecular weight is 495 g/mol. The van der Waals surface area contributed by atoms with Crippen LogP contribution in [0.3, 0.4) is 0 Å². The van der Waals surface area contributed by atoms with Gasteiger partial charge in [0.1, 0.15) is 0 Å². The molecule has 0 heterocycles. The molecule has 0 radical (unpaired) electrons. The van der Waals surface area contributed by atoms with Gasteiger partial charge in [0.05, 0.1) is 6.61 Å². The first-order chi connectivity index (χ1) is 16.5. The summed E-state index contributed by atoms with van der Waals surface area (Å²) in [7, 11) is 0. The molecule has 5 rings (SSSR count). The van der Waals surface area contributed by atoms with E-state index < -0.39 is 5.41 Å². The van der Waals surface area contributed by atoms with Crippen LogP contribution in [0.25, 0.3) is 0 Å². The highest BCUT2D eigenvalue weighted by molar-refractivity contribution is 5.98. The number of esters is 1. The first-order valence-corrected chi connectivity index (χ1v) is 14.0. The summed E-state index contributed by atoms with van der Waals surface area (Å²) in [5.41, 5.74) is 2.52. The van der Waals surface area contributed by atoms with Gasteiger partial charge >= 0.3 is 5.97 Å². The molecule has 0 spiro atoms. The van der Waals surface area contributed by atoms with E-state index in [-0.39, 0.29) is 56.4 Å². The molecule has 0 bridgehead atoms. The van der Waals surface area contributed by atoms with Crippen molar-refractivity contribution in [3.05, 3.63) is 35.1 Å². The predicted octanol–water partition coefficient (Wildman–Crippen LogP) is 7.50. The maximum atomic E-state index is 12.9. The van der Waals surface area contributed by atoms with Crippen LogP contribution >= 0.6 is 0 Å². The minimum atomic E-state index is -0.560. The fraction of sp³-hybridized carbons (Fsp3) is 0.750. The van der Waals surface area contributed by atoms with Crippen molar-refractivity contribution in [3.63, 3.8) is 0 Å². The van der Waals surface area contributed by atoms with E-state index in [2.05, 4.69) is 46.8 Å². The summed E-state index contributed by atoms with van der Waals surface area (Å²) in [5, 5.41) is 10.8. The van der Waals surface area contributed by atoms with E-state index in [1.165, 1.54) is 25.3 Å². The topological polar surface area (TPSA) is 63.6 Å². The number of Topliss-reactive ketones (excluding diaryl/α,β-unsaturated/α-hetero) is 1. The molecular weight excluding hydrogens is 448 g/mol. The zero-order valence-corrected chi connectivity index (χ0v) is 23.7. The first kappa shape index (κ1) is 25.8. The van der Waals surface area contributed by atoms with E-state index in [9.17, 15) is 14.7 Å². The Kier molecular flexibility index (Phi) is 5.45. The molecule has 0 aromatic carbocycles. The molecule has 0 aliphatic heterocycles. The Labute approximate surface area is 217 Å². The molecule has 0 unspecified atom stereocenters. The lowest BCUT2D eigenvalue weighted by molar-refractivity contribution is -0.149. The fourth-order valence-corrected chi connectivity index (χ4v) is 9.65. The smallest absolute Gasteiger partial charge is 0.302 e. The molecule has 198 valence electrons. The number of ketones is 1. The molecule has 1 N–H and O–H groups in total. The standard InChI is InChI=1S/C32H46O4/c1-20(33)36-19-28(4)13-14-29(5)15-16-31(7)21(22(29)17-28)9-10-25-30(6)18-23(34)26(35)27(2,3)24(30)11-12-32(25,31)8/h9-10,18,24-25,34H,11-17,19H2,1-8H3/t24-,25+,28-,29+,30-,31+,32+/m0/s1. The van der Waals surface area contributed by atoms with Crippen molar-refractivity contribution < 1.29 is 19.4 Å². The third kappa shape index (κ3) is 3.24. The maximum absolute atomic E-state index is 12.9. The minimum Gasteiger partial charge on any atom is -0.505 e. The Balaban J connectivity index is 1.63. The van der Waals surface area contributed by atoms with Crippen LogP contribution in [0.5, 0.6) is 0 Å². The maximum Gasteiger partial charge on any atom is 0.302 e. The van der Waals surface area contributed by atoms with E-state index in [0.29, 0.717) is 6.61 Å². The molecule has 5 aliphatic carbocycles. The number of rotatable bonds is 2. The van der Waals surface area contributed by atoms with Crippen LogP contribution in [0.4, 0.5) is 0 Å². The quantitative estimate of drug-likeness (QED) is 0.404. The summed E-state index contributed by atoms with van der Waals surface area (Å²) < 4.78 is 5.54. The second-order valence-corrected chi connectivity index (χ2v) is 14.8. The minimum absolute atomic E-state index is 0.0245. The van der Waals surface area contributed by atoms with Crippen molar-refractivity contribution in [1.29, 1.82) is 0 Å². The Morgan fingerprint density at radius 1 is 1.03 bits per heavy atom. The van der Waals surface area contributed by atoms with E-state index in [4.69, 9.17) is 4.74 Å². The molecule has 5 aliphatic rings. The van der Waals surface area contributed by atoms with Crippen LogP contribution in [-0.4, -0.2) is 23.5 Å². The molecule has 0 saturated heterocycles. The second kappa shape index (κ2) is 7.60. The number of ether oxygens (including phenoxy) is 1. The molecule has 0 aromatic rings. The third-order valence-electron chi connectivity index (χ3n) is 12.2. The van der Waals surface area contributed by atoms with Crippen molar-refractivity contribution in [2.45, 2.75) is 100 Å². The van der Waals surface area contributed by atoms with Crippen LogP contribution in [0.2, 0.25) is 0 Å². The summed E-state index contributed by atoms with van der Waals surface area (Å²) in [6.45, 7) is 18.1. The lowest BCUT2D eigenvalue weighted by atomic mass is 9.36.